The Kier molecular flexibility index (Phi) is 6.31. The number of carbonyl (C=O) groups excluding carboxylic acids is 1. The Morgan fingerprint density at radius 2 is 1.94 bits per heavy atom. The van der Waals surface area contributed by atoms with E-state index >= 15 is 0 Å². The van der Waals surface area contributed by atoms with E-state index in [0.717, 1.165) is 77.6 Å². The minimum absolute atomic E-state index is 0.186. The SMILES string of the molecule is COCCC1CN(C2COC2)CCN1c1cc(C)n(C2CC3(C2)CN(C(=O)OC(C)(C)C)C3)n1. The first-order valence-corrected chi connectivity index (χ1v) is 12.8. The molecule has 5 rings (SSSR count). The number of nitrogens with zero attached hydrogens (tertiary/aromatic N) is 5. The summed E-state index contributed by atoms with van der Waals surface area (Å²) in [6.45, 7) is 15.1. The number of anilines is 1. The van der Waals surface area contributed by atoms with Crippen LogP contribution in [0.25, 0.3) is 0 Å². The third-order valence-electron chi connectivity index (χ3n) is 7.90. The molecule has 34 heavy (non-hydrogen) atoms. The second-order valence-corrected chi connectivity index (χ2v) is 11.8. The predicted octanol–water partition coefficient (Wildman–Crippen LogP) is 2.69. The molecule has 190 valence electrons. The van der Waals surface area contributed by atoms with E-state index in [9.17, 15) is 4.79 Å². The number of aryl methyl sites for hydroxylation is 1. The lowest BCUT2D eigenvalue weighted by atomic mass is 9.61. The second-order valence-electron chi connectivity index (χ2n) is 11.8. The van der Waals surface area contributed by atoms with Gasteiger partial charge in [-0.3, -0.25) is 9.58 Å². The van der Waals surface area contributed by atoms with Crippen LogP contribution < -0.4 is 4.90 Å². The molecule has 1 aromatic heterocycles. The molecule has 1 spiro atoms. The quantitative estimate of drug-likeness (QED) is 0.626. The van der Waals surface area contributed by atoms with Crippen LogP contribution in [0.1, 0.15) is 51.8 Å². The molecule has 0 aromatic carbocycles. The summed E-state index contributed by atoms with van der Waals surface area (Å²) in [5.74, 6) is 1.09. The van der Waals surface area contributed by atoms with Gasteiger partial charge in [-0.25, -0.2) is 4.79 Å². The van der Waals surface area contributed by atoms with Crippen LogP contribution >= 0.6 is 0 Å². The smallest absolute Gasteiger partial charge is 0.410 e. The summed E-state index contributed by atoms with van der Waals surface area (Å²) in [6, 6.07) is 3.64. The van der Waals surface area contributed by atoms with Gasteiger partial charge in [-0.15, -0.1) is 0 Å². The molecule has 3 aliphatic heterocycles. The van der Waals surface area contributed by atoms with Gasteiger partial charge in [0.1, 0.15) is 5.60 Å². The highest BCUT2D eigenvalue weighted by molar-refractivity contribution is 5.69. The van der Waals surface area contributed by atoms with Crippen LogP contribution in [-0.4, -0.2) is 103 Å². The standard InChI is InChI=1S/C25H41N5O4/c1-18-10-22(29-8-7-27(21-14-33-15-21)13-19(29)6-9-32-5)26-30(18)20-11-25(12-20)16-28(17-25)23(31)34-24(2,3)4/h10,19-21H,6-9,11-17H2,1-5H3. The van der Waals surface area contributed by atoms with Gasteiger partial charge in [0, 0.05) is 69.7 Å². The Labute approximate surface area is 203 Å². The zero-order valence-corrected chi connectivity index (χ0v) is 21.5. The summed E-state index contributed by atoms with van der Waals surface area (Å²) >= 11 is 0. The van der Waals surface area contributed by atoms with Crippen LogP contribution in [0.15, 0.2) is 6.07 Å². The van der Waals surface area contributed by atoms with Gasteiger partial charge in [-0.1, -0.05) is 0 Å². The Morgan fingerprint density at radius 1 is 1.21 bits per heavy atom. The van der Waals surface area contributed by atoms with E-state index in [1.807, 2.05) is 25.7 Å². The van der Waals surface area contributed by atoms with Crippen molar-refractivity contribution in [1.29, 1.82) is 0 Å². The maximum absolute atomic E-state index is 12.3. The van der Waals surface area contributed by atoms with Crippen molar-refractivity contribution in [1.82, 2.24) is 19.6 Å². The number of hydrogen-bond donors (Lipinski definition) is 0. The van der Waals surface area contributed by atoms with Crippen molar-refractivity contribution >= 4 is 11.9 Å². The van der Waals surface area contributed by atoms with Gasteiger partial charge in [0.05, 0.1) is 25.3 Å². The van der Waals surface area contributed by atoms with Crippen molar-refractivity contribution in [3.63, 3.8) is 0 Å². The fourth-order valence-electron chi connectivity index (χ4n) is 6.02. The van der Waals surface area contributed by atoms with Gasteiger partial charge >= 0.3 is 6.09 Å². The molecular weight excluding hydrogens is 434 g/mol. The number of ether oxygens (including phenoxy) is 3. The molecule has 1 saturated carbocycles. The van der Waals surface area contributed by atoms with E-state index in [0.29, 0.717) is 18.1 Å². The Morgan fingerprint density at radius 3 is 2.56 bits per heavy atom. The van der Waals surface area contributed by atoms with Crippen LogP contribution in [0.3, 0.4) is 0 Å². The fraction of sp³-hybridized carbons (Fsp3) is 0.840. The van der Waals surface area contributed by atoms with Crippen LogP contribution in [0, 0.1) is 12.3 Å². The van der Waals surface area contributed by atoms with Crippen molar-refractivity contribution in [2.45, 2.75) is 70.7 Å². The average molecular weight is 476 g/mol. The third kappa shape index (κ3) is 4.66. The first-order chi connectivity index (χ1) is 16.2. The molecule has 4 fully saturated rings. The molecule has 1 unspecified atom stereocenters. The third-order valence-corrected chi connectivity index (χ3v) is 7.90. The number of hydrogen-bond acceptors (Lipinski definition) is 7. The summed E-state index contributed by atoms with van der Waals surface area (Å²) in [4.78, 5) is 19.2. The monoisotopic (exact) mass is 475 g/mol. The highest BCUT2D eigenvalue weighted by Gasteiger charge is 2.55. The number of likely N-dealkylation sites (tertiary alicyclic amines) is 1. The zero-order valence-electron chi connectivity index (χ0n) is 21.5. The number of aromatic nitrogens is 2. The van der Waals surface area contributed by atoms with Crippen molar-refractivity contribution in [2.24, 2.45) is 5.41 Å². The number of rotatable bonds is 6. The molecule has 1 amide bonds. The van der Waals surface area contributed by atoms with Gasteiger partial charge in [0.2, 0.25) is 0 Å². The molecule has 3 saturated heterocycles. The molecule has 1 aliphatic carbocycles. The van der Waals surface area contributed by atoms with Crippen molar-refractivity contribution in [2.75, 3.05) is 64.6 Å². The molecule has 1 atom stereocenters. The first-order valence-electron chi connectivity index (χ1n) is 12.8. The minimum atomic E-state index is -0.442. The van der Waals surface area contributed by atoms with Gasteiger partial charge in [-0.2, -0.15) is 5.10 Å². The molecule has 0 radical (unpaired) electrons. The van der Waals surface area contributed by atoms with Gasteiger partial charge in [0.15, 0.2) is 5.82 Å². The van der Waals surface area contributed by atoms with Crippen LogP contribution in [0.2, 0.25) is 0 Å². The number of methoxy groups -OCH3 is 1. The van der Waals surface area contributed by atoms with Crippen molar-refractivity contribution < 1.29 is 19.0 Å². The van der Waals surface area contributed by atoms with Gasteiger partial charge < -0.3 is 24.0 Å². The normalized spacial score (nSPS) is 25.7. The highest BCUT2D eigenvalue weighted by Crippen LogP contribution is 2.54. The predicted molar refractivity (Wildman–Crippen MR) is 129 cm³/mol. The first kappa shape index (κ1) is 23.9. The Balaban J connectivity index is 1.19. The minimum Gasteiger partial charge on any atom is -0.444 e. The Bertz CT molecular complexity index is 878. The van der Waals surface area contributed by atoms with E-state index < -0.39 is 5.60 Å². The molecular formula is C25H41N5O4. The van der Waals surface area contributed by atoms with Crippen molar-refractivity contribution in [3.8, 4) is 0 Å². The second kappa shape index (κ2) is 8.99. The fourth-order valence-corrected chi connectivity index (χ4v) is 6.02. The topological polar surface area (TPSA) is 72.3 Å². The molecule has 0 N–H and O–H groups in total. The molecule has 9 heteroatoms. The lowest BCUT2D eigenvalue weighted by molar-refractivity contribution is -0.0931. The molecule has 1 aromatic rings. The number of amides is 1. The summed E-state index contributed by atoms with van der Waals surface area (Å²) in [6.07, 6.45) is 2.97. The lowest BCUT2D eigenvalue weighted by Gasteiger charge is -2.58. The molecule has 9 nitrogen and oxygen atoms in total. The maximum Gasteiger partial charge on any atom is 0.410 e. The lowest BCUT2D eigenvalue weighted by Crippen LogP contribution is -2.64. The van der Waals surface area contributed by atoms with E-state index in [-0.39, 0.29) is 11.5 Å². The van der Waals surface area contributed by atoms with E-state index in [1.165, 1.54) is 5.69 Å². The summed E-state index contributed by atoms with van der Waals surface area (Å²) in [5.41, 5.74) is 1.03. The van der Waals surface area contributed by atoms with Gasteiger partial charge in [0.25, 0.3) is 0 Å². The van der Waals surface area contributed by atoms with E-state index in [2.05, 4.69) is 27.5 Å². The van der Waals surface area contributed by atoms with Crippen molar-refractivity contribution in [3.05, 3.63) is 11.8 Å². The van der Waals surface area contributed by atoms with Gasteiger partial charge in [-0.05, 0) is 47.0 Å². The highest BCUT2D eigenvalue weighted by atomic mass is 16.6. The van der Waals surface area contributed by atoms with E-state index in [4.69, 9.17) is 19.3 Å². The maximum atomic E-state index is 12.3. The summed E-state index contributed by atoms with van der Waals surface area (Å²) < 4.78 is 18.6. The molecule has 4 aliphatic rings. The van der Waals surface area contributed by atoms with Crippen LogP contribution in [0.5, 0.6) is 0 Å². The summed E-state index contributed by atoms with van der Waals surface area (Å²) in [5, 5.41) is 5.10. The number of carbonyl (C=O) groups is 1. The summed E-state index contributed by atoms with van der Waals surface area (Å²) in [7, 11) is 1.78. The largest absolute Gasteiger partial charge is 0.444 e. The van der Waals surface area contributed by atoms with Crippen LogP contribution in [-0.2, 0) is 14.2 Å². The molecule has 0 bridgehead atoms. The van der Waals surface area contributed by atoms with Crippen LogP contribution in [0.4, 0.5) is 10.6 Å². The van der Waals surface area contributed by atoms with E-state index in [1.54, 1.807) is 7.11 Å². The Hall–Kier alpha value is -1.84. The average Bonchev–Trinajstić information content (AvgIpc) is 3.03. The zero-order chi connectivity index (χ0) is 24.1. The molecule has 4 heterocycles. The number of piperazine rings is 1.